The molecule has 0 aliphatic rings. The van der Waals surface area contributed by atoms with Crippen LogP contribution in [0.1, 0.15) is 25.2 Å². The summed E-state index contributed by atoms with van der Waals surface area (Å²) in [5, 5.41) is 14.6. The zero-order chi connectivity index (χ0) is 16.8. The van der Waals surface area contributed by atoms with Crippen molar-refractivity contribution in [3.8, 4) is 5.82 Å². The van der Waals surface area contributed by atoms with Crippen LogP contribution in [0.15, 0.2) is 30.7 Å². The number of carbonyl (C=O) groups excluding carboxylic acids is 1. The third-order valence-electron chi connectivity index (χ3n) is 3.84. The molecule has 2 aromatic rings. The molecule has 0 bridgehead atoms. The van der Waals surface area contributed by atoms with E-state index in [-0.39, 0.29) is 24.6 Å². The van der Waals surface area contributed by atoms with Gasteiger partial charge in [0.05, 0.1) is 0 Å². The van der Waals surface area contributed by atoms with E-state index < -0.39 is 0 Å². The van der Waals surface area contributed by atoms with Gasteiger partial charge in [-0.15, -0.1) is 0 Å². The molecular formula is C16H23N5O2. The van der Waals surface area contributed by atoms with Crippen LogP contribution < -0.4 is 10.6 Å². The third kappa shape index (κ3) is 4.53. The summed E-state index contributed by atoms with van der Waals surface area (Å²) in [5.41, 5.74) is 0.907. The van der Waals surface area contributed by atoms with Gasteiger partial charge < -0.3 is 15.7 Å². The minimum atomic E-state index is -0.257. The molecule has 2 atom stereocenters. The van der Waals surface area contributed by atoms with Crippen LogP contribution in [0.5, 0.6) is 0 Å². The fraction of sp³-hybridized carbons (Fsp3) is 0.438. The van der Waals surface area contributed by atoms with Crippen LogP contribution in [-0.4, -0.2) is 38.3 Å². The SMILES string of the molecule is Cc1nccn1-c1ccc(CNC(=O)NC(C)C(C)CO)cn1. The number of hydrogen-bond acceptors (Lipinski definition) is 4. The van der Waals surface area contributed by atoms with E-state index in [1.165, 1.54) is 0 Å². The summed E-state index contributed by atoms with van der Waals surface area (Å²) in [7, 11) is 0. The summed E-state index contributed by atoms with van der Waals surface area (Å²) in [4.78, 5) is 20.4. The van der Waals surface area contributed by atoms with Crippen LogP contribution in [0.25, 0.3) is 5.82 Å². The molecule has 124 valence electrons. The van der Waals surface area contributed by atoms with Gasteiger partial charge in [-0.1, -0.05) is 13.0 Å². The fourth-order valence-corrected chi connectivity index (χ4v) is 2.02. The maximum absolute atomic E-state index is 11.8. The Morgan fingerprint density at radius 1 is 1.35 bits per heavy atom. The second kappa shape index (κ2) is 7.73. The lowest BCUT2D eigenvalue weighted by Crippen LogP contribution is -2.43. The lowest BCUT2D eigenvalue weighted by atomic mass is 10.1. The smallest absolute Gasteiger partial charge is 0.315 e. The minimum absolute atomic E-state index is 0.0140. The number of rotatable bonds is 6. The topological polar surface area (TPSA) is 92.1 Å². The maximum Gasteiger partial charge on any atom is 0.315 e. The van der Waals surface area contributed by atoms with Crippen molar-refractivity contribution >= 4 is 6.03 Å². The highest BCUT2D eigenvalue weighted by Crippen LogP contribution is 2.08. The number of nitrogens with one attached hydrogen (secondary N) is 2. The number of nitrogens with zero attached hydrogens (tertiary/aromatic N) is 3. The second-order valence-corrected chi connectivity index (χ2v) is 5.64. The zero-order valence-corrected chi connectivity index (χ0v) is 13.7. The predicted molar refractivity (Wildman–Crippen MR) is 87.2 cm³/mol. The first-order valence-electron chi connectivity index (χ1n) is 7.61. The number of aliphatic hydroxyl groups is 1. The Bertz CT molecular complexity index is 638. The molecule has 2 unspecified atom stereocenters. The molecule has 2 amide bonds. The molecule has 7 heteroatoms. The van der Waals surface area contributed by atoms with Crippen LogP contribution >= 0.6 is 0 Å². The van der Waals surface area contributed by atoms with Crippen molar-refractivity contribution in [2.24, 2.45) is 5.92 Å². The van der Waals surface area contributed by atoms with E-state index in [9.17, 15) is 4.79 Å². The van der Waals surface area contributed by atoms with Crippen molar-refractivity contribution in [2.45, 2.75) is 33.4 Å². The van der Waals surface area contributed by atoms with Gasteiger partial charge in [0.2, 0.25) is 0 Å². The van der Waals surface area contributed by atoms with Crippen molar-refractivity contribution in [3.05, 3.63) is 42.1 Å². The quantitative estimate of drug-likeness (QED) is 0.751. The Morgan fingerprint density at radius 3 is 2.70 bits per heavy atom. The molecule has 0 fully saturated rings. The van der Waals surface area contributed by atoms with E-state index in [4.69, 9.17) is 5.11 Å². The fourth-order valence-electron chi connectivity index (χ4n) is 2.02. The maximum atomic E-state index is 11.8. The molecule has 0 aliphatic carbocycles. The van der Waals surface area contributed by atoms with Crippen LogP contribution in [-0.2, 0) is 6.54 Å². The highest BCUT2D eigenvalue weighted by Gasteiger charge is 2.13. The van der Waals surface area contributed by atoms with E-state index in [0.29, 0.717) is 6.54 Å². The van der Waals surface area contributed by atoms with Gasteiger partial charge in [0.25, 0.3) is 0 Å². The molecule has 0 aliphatic heterocycles. The Hall–Kier alpha value is -2.41. The van der Waals surface area contributed by atoms with Gasteiger partial charge in [0.15, 0.2) is 0 Å². The highest BCUT2D eigenvalue weighted by atomic mass is 16.3. The molecule has 7 nitrogen and oxygen atoms in total. The average Bonchev–Trinajstić information content (AvgIpc) is 2.98. The Kier molecular flexibility index (Phi) is 5.70. The third-order valence-corrected chi connectivity index (χ3v) is 3.84. The molecule has 23 heavy (non-hydrogen) atoms. The first kappa shape index (κ1) is 17.0. The molecule has 2 heterocycles. The van der Waals surface area contributed by atoms with Gasteiger partial charge >= 0.3 is 6.03 Å². The van der Waals surface area contributed by atoms with Gasteiger partial charge in [0.1, 0.15) is 11.6 Å². The van der Waals surface area contributed by atoms with Crippen molar-refractivity contribution in [2.75, 3.05) is 6.61 Å². The van der Waals surface area contributed by atoms with E-state index in [0.717, 1.165) is 17.2 Å². The lowest BCUT2D eigenvalue weighted by Gasteiger charge is -2.19. The molecule has 0 saturated carbocycles. The number of imidazole rings is 1. The summed E-state index contributed by atoms with van der Waals surface area (Å²) in [6, 6.07) is 3.46. The number of aliphatic hydroxyl groups excluding tert-OH is 1. The van der Waals surface area contributed by atoms with Gasteiger partial charge in [-0.05, 0) is 31.4 Å². The zero-order valence-electron chi connectivity index (χ0n) is 13.7. The molecular weight excluding hydrogens is 294 g/mol. The van der Waals surface area contributed by atoms with Crippen molar-refractivity contribution in [1.29, 1.82) is 0 Å². The molecule has 0 radical (unpaired) electrons. The standard InChI is InChI=1S/C16H23N5O2/c1-11(10-22)12(2)20-16(23)19-9-14-4-5-15(18-8-14)21-7-6-17-13(21)3/h4-8,11-12,22H,9-10H2,1-3H3,(H2,19,20,23). The normalized spacial score (nSPS) is 13.4. The van der Waals surface area contributed by atoms with E-state index in [1.807, 2.05) is 43.7 Å². The summed E-state index contributed by atoms with van der Waals surface area (Å²) < 4.78 is 1.89. The number of urea groups is 1. The Morgan fingerprint density at radius 2 is 2.13 bits per heavy atom. The minimum Gasteiger partial charge on any atom is -0.396 e. The second-order valence-electron chi connectivity index (χ2n) is 5.64. The number of amides is 2. The van der Waals surface area contributed by atoms with Crippen molar-refractivity contribution < 1.29 is 9.90 Å². The van der Waals surface area contributed by atoms with E-state index >= 15 is 0 Å². The molecule has 2 rings (SSSR count). The summed E-state index contributed by atoms with van der Waals surface area (Å²) in [6.07, 6.45) is 5.31. The predicted octanol–water partition coefficient (Wildman–Crippen LogP) is 1.39. The molecule has 2 aromatic heterocycles. The lowest BCUT2D eigenvalue weighted by molar-refractivity contribution is 0.200. The van der Waals surface area contributed by atoms with E-state index in [1.54, 1.807) is 12.4 Å². The highest BCUT2D eigenvalue weighted by molar-refractivity contribution is 5.74. The van der Waals surface area contributed by atoms with Gasteiger partial charge in [0, 0.05) is 37.8 Å². The van der Waals surface area contributed by atoms with Gasteiger partial charge in [-0.2, -0.15) is 0 Å². The van der Waals surface area contributed by atoms with E-state index in [2.05, 4.69) is 20.6 Å². The first-order valence-corrected chi connectivity index (χ1v) is 7.61. The summed E-state index contributed by atoms with van der Waals surface area (Å²) in [6.45, 7) is 6.09. The number of pyridine rings is 1. The number of hydrogen-bond donors (Lipinski definition) is 3. The van der Waals surface area contributed by atoms with Crippen LogP contribution in [0, 0.1) is 12.8 Å². The first-order chi connectivity index (χ1) is 11.0. The molecule has 0 aromatic carbocycles. The van der Waals surface area contributed by atoms with Crippen molar-refractivity contribution in [1.82, 2.24) is 25.2 Å². The van der Waals surface area contributed by atoms with Crippen LogP contribution in [0.2, 0.25) is 0 Å². The van der Waals surface area contributed by atoms with Gasteiger partial charge in [-0.25, -0.2) is 14.8 Å². The van der Waals surface area contributed by atoms with Crippen LogP contribution in [0.3, 0.4) is 0 Å². The molecule has 0 spiro atoms. The Balaban J connectivity index is 1.87. The van der Waals surface area contributed by atoms with Crippen LogP contribution in [0.4, 0.5) is 4.79 Å². The average molecular weight is 317 g/mol. The number of carbonyl (C=O) groups is 1. The molecule has 0 saturated heterocycles. The Labute approximate surface area is 135 Å². The number of aromatic nitrogens is 3. The van der Waals surface area contributed by atoms with Crippen molar-refractivity contribution in [3.63, 3.8) is 0 Å². The number of aryl methyl sites for hydroxylation is 1. The summed E-state index contributed by atoms with van der Waals surface area (Å²) in [5.74, 6) is 1.67. The van der Waals surface area contributed by atoms with Gasteiger partial charge in [-0.3, -0.25) is 4.57 Å². The monoisotopic (exact) mass is 317 g/mol. The summed E-state index contributed by atoms with van der Waals surface area (Å²) >= 11 is 0. The molecule has 3 N–H and O–H groups in total. The largest absolute Gasteiger partial charge is 0.396 e.